The van der Waals surface area contributed by atoms with Crippen molar-refractivity contribution in [1.29, 1.82) is 0 Å². The number of phenolic OH excluding ortho intramolecular Hbond substituents is 1. The first-order valence-electron chi connectivity index (χ1n) is 4.55. The number of benzene rings is 1. The van der Waals surface area contributed by atoms with E-state index in [1.165, 1.54) is 12.1 Å². The molecule has 2 amide bonds. The minimum atomic E-state index is -0.591. The van der Waals surface area contributed by atoms with Gasteiger partial charge in [0.15, 0.2) is 0 Å². The summed E-state index contributed by atoms with van der Waals surface area (Å²) in [5, 5.41) is 10.1. The Morgan fingerprint density at radius 3 is 2.75 bits per heavy atom. The molecule has 2 N–H and O–H groups in total. The van der Waals surface area contributed by atoms with Crippen LogP contribution in [-0.4, -0.2) is 21.5 Å². The molecular weight excluding hydrogens is 233 g/mol. The first-order chi connectivity index (χ1) is 7.56. The fraction of sp³-hybridized carbons (Fsp3) is 0.200. The van der Waals surface area contributed by atoms with Gasteiger partial charge in [-0.15, -0.1) is 0 Å². The van der Waals surface area contributed by atoms with Crippen molar-refractivity contribution in [3.05, 3.63) is 29.6 Å². The van der Waals surface area contributed by atoms with Gasteiger partial charge in [0.1, 0.15) is 11.6 Å². The molecule has 0 unspecified atom stereocenters. The van der Waals surface area contributed by atoms with Crippen LogP contribution in [0.2, 0.25) is 0 Å². The molecule has 0 saturated carbocycles. The van der Waals surface area contributed by atoms with Gasteiger partial charge in [0.25, 0.3) is 5.24 Å². The molecule has 0 aliphatic carbocycles. The average molecular weight is 241 g/mol. The molecule has 6 heteroatoms. The lowest BCUT2D eigenvalue weighted by molar-refractivity contribution is -0.118. The maximum Gasteiger partial charge on any atom is 0.286 e. The zero-order valence-corrected chi connectivity index (χ0v) is 8.88. The highest BCUT2D eigenvalue weighted by molar-refractivity contribution is 8.15. The van der Waals surface area contributed by atoms with Crippen molar-refractivity contribution in [2.45, 2.75) is 11.7 Å². The van der Waals surface area contributed by atoms with Gasteiger partial charge in [-0.3, -0.25) is 14.9 Å². The molecule has 16 heavy (non-hydrogen) atoms. The van der Waals surface area contributed by atoms with Gasteiger partial charge in [-0.05, 0) is 18.1 Å². The van der Waals surface area contributed by atoms with E-state index >= 15 is 0 Å². The van der Waals surface area contributed by atoms with Crippen LogP contribution < -0.4 is 5.32 Å². The Morgan fingerprint density at radius 2 is 2.19 bits per heavy atom. The second-order valence-corrected chi connectivity index (χ2v) is 4.54. The molecule has 0 spiro atoms. The zero-order valence-electron chi connectivity index (χ0n) is 8.07. The monoisotopic (exact) mass is 241 g/mol. The van der Waals surface area contributed by atoms with Gasteiger partial charge < -0.3 is 5.11 Å². The van der Waals surface area contributed by atoms with Crippen LogP contribution in [-0.2, 0) is 11.2 Å². The maximum atomic E-state index is 13.3. The van der Waals surface area contributed by atoms with Crippen LogP contribution in [0, 0.1) is 5.82 Å². The van der Waals surface area contributed by atoms with Crippen molar-refractivity contribution in [2.24, 2.45) is 0 Å². The molecule has 1 aromatic rings. The minimum absolute atomic E-state index is 0.133. The molecular formula is C10H8FNO3S. The number of hydrogen-bond donors (Lipinski definition) is 2. The summed E-state index contributed by atoms with van der Waals surface area (Å²) in [7, 11) is 0. The Kier molecular flexibility index (Phi) is 2.82. The van der Waals surface area contributed by atoms with E-state index in [9.17, 15) is 14.0 Å². The normalized spacial score (nSPS) is 19.9. The number of carbonyl (C=O) groups excluding carboxylic acids is 2. The van der Waals surface area contributed by atoms with E-state index in [0.717, 1.165) is 17.8 Å². The lowest BCUT2D eigenvalue weighted by atomic mass is 10.1. The first-order valence-corrected chi connectivity index (χ1v) is 5.43. The smallest absolute Gasteiger partial charge is 0.286 e. The van der Waals surface area contributed by atoms with Crippen molar-refractivity contribution in [3.8, 4) is 5.75 Å². The third kappa shape index (κ3) is 2.16. The summed E-state index contributed by atoms with van der Waals surface area (Å²) in [6, 6.07) is 3.73. The lowest BCUT2D eigenvalue weighted by Crippen LogP contribution is -2.25. The van der Waals surface area contributed by atoms with E-state index in [2.05, 4.69) is 5.32 Å². The Labute approximate surface area is 94.8 Å². The van der Waals surface area contributed by atoms with Crippen molar-refractivity contribution >= 4 is 22.9 Å². The third-order valence-corrected chi connectivity index (χ3v) is 3.19. The van der Waals surface area contributed by atoms with Gasteiger partial charge in [0.2, 0.25) is 5.91 Å². The predicted octanol–water partition coefficient (Wildman–Crippen LogP) is 1.43. The van der Waals surface area contributed by atoms with Gasteiger partial charge in [-0.2, -0.15) is 0 Å². The van der Waals surface area contributed by atoms with Crippen LogP contribution in [0.25, 0.3) is 0 Å². The summed E-state index contributed by atoms with van der Waals surface area (Å²) in [6.07, 6.45) is 0.133. The Balaban J connectivity index is 2.15. The summed E-state index contributed by atoms with van der Waals surface area (Å²) in [5.41, 5.74) is 0.306. The molecule has 0 bridgehead atoms. The maximum absolute atomic E-state index is 13.3. The summed E-state index contributed by atoms with van der Waals surface area (Å²) in [6.45, 7) is 0. The van der Waals surface area contributed by atoms with Gasteiger partial charge >= 0.3 is 0 Å². The predicted molar refractivity (Wildman–Crippen MR) is 56.7 cm³/mol. The number of phenols is 1. The Morgan fingerprint density at radius 1 is 1.44 bits per heavy atom. The van der Waals surface area contributed by atoms with E-state index in [1.54, 1.807) is 0 Å². The van der Waals surface area contributed by atoms with E-state index < -0.39 is 22.2 Å². The van der Waals surface area contributed by atoms with Crippen LogP contribution in [0.3, 0.4) is 0 Å². The summed E-state index contributed by atoms with van der Waals surface area (Å²) >= 11 is 0.853. The number of halogens is 1. The Bertz CT molecular complexity index is 463. The van der Waals surface area contributed by atoms with Crippen LogP contribution in [0.15, 0.2) is 18.2 Å². The zero-order chi connectivity index (χ0) is 11.7. The highest BCUT2D eigenvalue weighted by Gasteiger charge is 2.32. The minimum Gasteiger partial charge on any atom is -0.508 e. The average Bonchev–Trinajstić information content (AvgIpc) is 2.50. The van der Waals surface area contributed by atoms with E-state index in [1.807, 2.05) is 0 Å². The lowest BCUT2D eigenvalue weighted by Gasteiger charge is -2.06. The molecule has 1 fully saturated rings. The molecule has 1 aliphatic rings. The number of thioether (sulfide) groups is 1. The number of amides is 2. The van der Waals surface area contributed by atoms with Crippen molar-refractivity contribution in [2.75, 3.05) is 0 Å². The number of carbonyl (C=O) groups is 2. The van der Waals surface area contributed by atoms with E-state index in [0.29, 0.717) is 5.56 Å². The highest BCUT2D eigenvalue weighted by atomic mass is 32.2. The van der Waals surface area contributed by atoms with Gasteiger partial charge in [-0.1, -0.05) is 17.8 Å². The number of nitrogens with one attached hydrogen (secondary N) is 1. The molecule has 0 aromatic heterocycles. The van der Waals surface area contributed by atoms with Gasteiger partial charge in [-0.25, -0.2) is 4.39 Å². The summed E-state index contributed by atoms with van der Waals surface area (Å²) in [4.78, 5) is 22.1. The molecule has 84 valence electrons. The van der Waals surface area contributed by atoms with Crippen LogP contribution in [0.1, 0.15) is 5.56 Å². The van der Waals surface area contributed by atoms with Crippen molar-refractivity contribution in [1.82, 2.24) is 5.32 Å². The molecule has 1 heterocycles. The number of hydrogen-bond acceptors (Lipinski definition) is 4. The van der Waals surface area contributed by atoms with Crippen LogP contribution >= 0.6 is 11.8 Å². The largest absolute Gasteiger partial charge is 0.508 e. The van der Waals surface area contributed by atoms with Gasteiger partial charge in [0, 0.05) is 6.07 Å². The molecule has 0 radical (unpaired) electrons. The van der Waals surface area contributed by atoms with E-state index in [4.69, 9.17) is 5.11 Å². The van der Waals surface area contributed by atoms with Crippen LogP contribution in [0.4, 0.5) is 9.18 Å². The third-order valence-electron chi connectivity index (χ3n) is 2.21. The van der Waals surface area contributed by atoms with Gasteiger partial charge in [0.05, 0.1) is 5.25 Å². The molecule has 2 rings (SSSR count). The van der Waals surface area contributed by atoms with Crippen molar-refractivity contribution < 1.29 is 19.1 Å². The molecule has 1 saturated heterocycles. The molecule has 1 atom stereocenters. The SMILES string of the molecule is O=C1NC(=O)[C@H](Cc2ccc(O)cc2F)S1. The molecule has 1 aromatic carbocycles. The first kappa shape index (κ1) is 10.9. The summed E-state index contributed by atoms with van der Waals surface area (Å²) < 4.78 is 13.3. The summed E-state index contributed by atoms with van der Waals surface area (Å²) in [5.74, 6) is -1.14. The topological polar surface area (TPSA) is 66.4 Å². The number of aromatic hydroxyl groups is 1. The number of imide groups is 1. The van der Waals surface area contributed by atoms with Crippen LogP contribution in [0.5, 0.6) is 5.75 Å². The fourth-order valence-corrected chi connectivity index (χ4v) is 2.28. The quantitative estimate of drug-likeness (QED) is 0.822. The van der Waals surface area contributed by atoms with Crippen molar-refractivity contribution in [3.63, 3.8) is 0 Å². The molecule has 1 aliphatic heterocycles. The molecule has 4 nitrogen and oxygen atoms in total. The second-order valence-electron chi connectivity index (χ2n) is 3.36. The Hall–Kier alpha value is -1.56. The standard InChI is InChI=1S/C10H8FNO3S/c11-7-4-6(13)2-1-5(7)3-8-9(14)12-10(15)16-8/h1-2,4,8,13H,3H2,(H,12,14,15)/t8-/m0/s1. The second kappa shape index (κ2) is 4.13. The van der Waals surface area contributed by atoms with E-state index in [-0.39, 0.29) is 12.2 Å². The fourth-order valence-electron chi connectivity index (χ4n) is 1.43. The highest BCUT2D eigenvalue weighted by Crippen LogP contribution is 2.25. The number of rotatable bonds is 2.